The quantitative estimate of drug-likeness (QED) is 0.161. The first kappa shape index (κ1) is 35.7. The highest BCUT2D eigenvalue weighted by atomic mass is 16.3. The molecule has 0 amide bonds. The Kier molecular flexibility index (Phi) is 8.36. The van der Waals surface area contributed by atoms with Gasteiger partial charge in [0.1, 0.15) is 11.2 Å². The Morgan fingerprint density at radius 3 is 1.68 bits per heavy atom. The zero-order valence-electron chi connectivity index (χ0n) is 33.6. The van der Waals surface area contributed by atoms with Crippen molar-refractivity contribution >= 4 is 21.9 Å². The third-order valence-electron chi connectivity index (χ3n) is 12.5. The van der Waals surface area contributed by atoms with E-state index in [-0.39, 0.29) is 0 Å². The number of nitrogens with zero attached hydrogens (tertiary/aromatic N) is 3. The first-order valence-electron chi connectivity index (χ1n) is 21.0. The van der Waals surface area contributed by atoms with Gasteiger partial charge in [-0.25, -0.2) is 9.97 Å². The lowest BCUT2D eigenvalue weighted by molar-refractivity contribution is 0.669. The van der Waals surface area contributed by atoms with Crippen LogP contribution in [-0.4, -0.2) is 15.0 Å². The van der Waals surface area contributed by atoms with Crippen molar-refractivity contribution in [2.75, 3.05) is 0 Å². The fourth-order valence-electron chi connectivity index (χ4n) is 9.63. The summed E-state index contributed by atoms with van der Waals surface area (Å²) in [7, 11) is 0. The van der Waals surface area contributed by atoms with Gasteiger partial charge in [-0.3, -0.25) is 4.98 Å². The maximum Gasteiger partial charge on any atom is 0.161 e. The summed E-state index contributed by atoms with van der Waals surface area (Å²) in [4.78, 5) is 15.5. The molecule has 0 bridgehead atoms. The summed E-state index contributed by atoms with van der Waals surface area (Å²) in [5.41, 5.74) is 17.4. The molecule has 1 aliphatic rings. The molecule has 12 rings (SSSR count). The van der Waals surface area contributed by atoms with Crippen LogP contribution in [0, 0.1) is 0 Å². The minimum absolute atomic E-state index is 0.531. The first-order valence-corrected chi connectivity index (χ1v) is 21.0. The minimum atomic E-state index is -0.531. The van der Waals surface area contributed by atoms with Crippen molar-refractivity contribution in [3.63, 3.8) is 0 Å². The molecule has 62 heavy (non-hydrogen) atoms. The summed E-state index contributed by atoms with van der Waals surface area (Å²) >= 11 is 0. The van der Waals surface area contributed by atoms with Gasteiger partial charge in [0.2, 0.25) is 0 Å². The van der Waals surface area contributed by atoms with Crippen LogP contribution in [0.1, 0.15) is 22.3 Å². The van der Waals surface area contributed by atoms with Gasteiger partial charge >= 0.3 is 0 Å². The number of hydrogen-bond donors (Lipinski definition) is 0. The lowest BCUT2D eigenvalue weighted by Gasteiger charge is -2.34. The van der Waals surface area contributed by atoms with Crippen molar-refractivity contribution in [1.29, 1.82) is 0 Å². The standard InChI is InChI=1S/C58H37N3O/c1-3-15-42(16-4-1)58(43-17-5-2-6-18-43)50-23-11-9-19-44(50)45-32-30-41(36-51(45)58)54-37-53(60-57(61-54)48-22-8-7-20-46(48)52-24-13-14-34-59-52)39-28-26-38(27-29-39)40-31-33-56-49(35-40)47-21-10-12-25-55(47)62-56/h1-37H. The predicted octanol–water partition coefficient (Wildman–Crippen LogP) is 14.5. The summed E-state index contributed by atoms with van der Waals surface area (Å²) < 4.78 is 6.13. The molecule has 0 N–H and O–H groups in total. The van der Waals surface area contributed by atoms with Gasteiger partial charge < -0.3 is 4.42 Å². The number of benzene rings is 8. The predicted molar refractivity (Wildman–Crippen MR) is 252 cm³/mol. The molecule has 0 spiro atoms. The molecule has 0 saturated heterocycles. The summed E-state index contributed by atoms with van der Waals surface area (Å²) in [6.07, 6.45) is 1.83. The van der Waals surface area contributed by atoms with Gasteiger partial charge in [0.05, 0.1) is 22.5 Å². The van der Waals surface area contributed by atoms with E-state index in [0.29, 0.717) is 5.82 Å². The molecule has 4 heteroatoms. The van der Waals surface area contributed by atoms with Crippen LogP contribution in [0.3, 0.4) is 0 Å². The molecule has 0 radical (unpaired) electrons. The van der Waals surface area contributed by atoms with E-state index in [1.807, 2.05) is 48.7 Å². The van der Waals surface area contributed by atoms with Crippen molar-refractivity contribution in [3.8, 4) is 67.4 Å². The Balaban J connectivity index is 1.04. The van der Waals surface area contributed by atoms with Crippen LogP contribution in [0.15, 0.2) is 229 Å². The normalized spacial score (nSPS) is 12.6. The second kappa shape index (κ2) is 14.5. The first-order chi connectivity index (χ1) is 30.7. The number of furan rings is 1. The maximum atomic E-state index is 6.13. The highest BCUT2D eigenvalue weighted by Gasteiger charge is 2.46. The van der Waals surface area contributed by atoms with Crippen LogP contribution in [0.2, 0.25) is 0 Å². The summed E-state index contributed by atoms with van der Waals surface area (Å²) in [5.74, 6) is 0.640. The van der Waals surface area contributed by atoms with Crippen LogP contribution in [0.25, 0.3) is 89.4 Å². The van der Waals surface area contributed by atoms with Gasteiger partial charge in [-0.15, -0.1) is 0 Å². The molecule has 0 atom stereocenters. The van der Waals surface area contributed by atoms with Crippen LogP contribution in [0.5, 0.6) is 0 Å². The molecule has 0 aliphatic heterocycles. The smallest absolute Gasteiger partial charge is 0.161 e. The van der Waals surface area contributed by atoms with E-state index in [2.05, 4.69) is 176 Å². The molecular weight excluding hydrogens is 755 g/mol. The van der Waals surface area contributed by atoms with Gasteiger partial charge in [-0.1, -0.05) is 176 Å². The third kappa shape index (κ3) is 5.72. The zero-order valence-corrected chi connectivity index (χ0v) is 33.6. The maximum absolute atomic E-state index is 6.13. The Hall–Kier alpha value is -8.21. The molecule has 290 valence electrons. The van der Waals surface area contributed by atoms with E-state index in [4.69, 9.17) is 19.4 Å². The molecule has 8 aromatic carbocycles. The molecular formula is C58H37N3O. The van der Waals surface area contributed by atoms with E-state index in [0.717, 1.165) is 72.4 Å². The average Bonchev–Trinajstić information content (AvgIpc) is 3.88. The Bertz CT molecular complexity index is 3410. The monoisotopic (exact) mass is 791 g/mol. The zero-order chi connectivity index (χ0) is 41.0. The summed E-state index contributed by atoms with van der Waals surface area (Å²) in [5, 5.41) is 2.23. The second-order valence-electron chi connectivity index (χ2n) is 15.9. The fraction of sp³-hybridized carbons (Fsp3) is 0.0172. The lowest BCUT2D eigenvalue weighted by atomic mass is 9.67. The number of para-hydroxylation sites is 1. The van der Waals surface area contributed by atoms with E-state index < -0.39 is 5.41 Å². The molecule has 0 unspecified atom stereocenters. The third-order valence-corrected chi connectivity index (χ3v) is 12.5. The average molecular weight is 792 g/mol. The van der Waals surface area contributed by atoms with Crippen molar-refractivity contribution in [3.05, 3.63) is 247 Å². The topological polar surface area (TPSA) is 51.8 Å². The summed E-state index contributed by atoms with van der Waals surface area (Å²) in [6, 6.07) is 77.4. The van der Waals surface area contributed by atoms with Gasteiger partial charge in [0, 0.05) is 39.2 Å². The molecule has 3 aromatic heterocycles. The van der Waals surface area contributed by atoms with Crippen LogP contribution < -0.4 is 0 Å². The van der Waals surface area contributed by atoms with Crippen molar-refractivity contribution < 1.29 is 4.42 Å². The number of aromatic nitrogens is 3. The fourth-order valence-corrected chi connectivity index (χ4v) is 9.63. The van der Waals surface area contributed by atoms with Crippen LogP contribution in [-0.2, 0) is 5.41 Å². The van der Waals surface area contributed by atoms with Crippen molar-refractivity contribution in [1.82, 2.24) is 15.0 Å². The highest BCUT2D eigenvalue weighted by Crippen LogP contribution is 2.56. The Labute approximate surface area is 359 Å². The van der Waals surface area contributed by atoms with Crippen molar-refractivity contribution in [2.24, 2.45) is 0 Å². The molecule has 1 aliphatic carbocycles. The molecule has 0 saturated carbocycles. The number of pyridine rings is 1. The van der Waals surface area contributed by atoms with Crippen molar-refractivity contribution in [2.45, 2.75) is 5.41 Å². The highest BCUT2D eigenvalue weighted by molar-refractivity contribution is 6.06. The lowest BCUT2D eigenvalue weighted by Crippen LogP contribution is -2.28. The number of rotatable bonds is 7. The van der Waals surface area contributed by atoms with Gasteiger partial charge in [-0.2, -0.15) is 0 Å². The van der Waals surface area contributed by atoms with E-state index >= 15 is 0 Å². The van der Waals surface area contributed by atoms with Gasteiger partial charge in [0.25, 0.3) is 0 Å². The second-order valence-corrected chi connectivity index (χ2v) is 15.9. The molecule has 4 nitrogen and oxygen atoms in total. The summed E-state index contributed by atoms with van der Waals surface area (Å²) in [6.45, 7) is 0. The van der Waals surface area contributed by atoms with E-state index in [1.54, 1.807) is 0 Å². The Morgan fingerprint density at radius 1 is 0.339 bits per heavy atom. The largest absolute Gasteiger partial charge is 0.456 e. The SMILES string of the molecule is c1ccc(C2(c3ccccc3)c3ccccc3-c3ccc(-c4cc(-c5ccc(-c6ccc7oc8ccccc8c7c6)cc5)nc(-c5ccccc5-c5ccccn5)n4)cc32)cc1. The van der Waals surface area contributed by atoms with E-state index in [9.17, 15) is 0 Å². The van der Waals surface area contributed by atoms with Crippen LogP contribution >= 0.6 is 0 Å². The van der Waals surface area contributed by atoms with E-state index in [1.165, 1.54) is 33.4 Å². The molecule has 0 fully saturated rings. The van der Waals surface area contributed by atoms with Crippen LogP contribution in [0.4, 0.5) is 0 Å². The minimum Gasteiger partial charge on any atom is -0.456 e. The Morgan fingerprint density at radius 2 is 0.919 bits per heavy atom. The van der Waals surface area contributed by atoms with Gasteiger partial charge in [-0.05, 0) is 87.0 Å². The van der Waals surface area contributed by atoms with Gasteiger partial charge in [0.15, 0.2) is 5.82 Å². The molecule has 3 heterocycles. The number of hydrogen-bond acceptors (Lipinski definition) is 4. The number of fused-ring (bicyclic) bond motifs is 6. The molecule has 11 aromatic rings.